The van der Waals surface area contributed by atoms with Crippen molar-refractivity contribution in [2.75, 3.05) is 58.2 Å². The molecule has 0 bridgehead atoms. The Morgan fingerprint density at radius 1 is 1.24 bits per heavy atom. The van der Waals surface area contributed by atoms with E-state index < -0.39 is 4.92 Å². The number of nitrogens with zero attached hydrogens (tertiary/aromatic N) is 7. The van der Waals surface area contributed by atoms with Crippen LogP contribution in [-0.2, 0) is 6.54 Å². The number of nitro groups is 1. The average molecular weight is 539 g/mol. The van der Waals surface area contributed by atoms with Crippen LogP contribution >= 0.6 is 11.6 Å². The molecule has 0 aliphatic carbocycles. The molecule has 2 aromatic heterocycles. The van der Waals surface area contributed by atoms with E-state index in [9.17, 15) is 10.1 Å². The average Bonchev–Trinajstić information content (AvgIpc) is 3.28. The monoisotopic (exact) mass is 538 g/mol. The number of rotatable bonds is 9. The molecule has 13 heteroatoms. The van der Waals surface area contributed by atoms with E-state index in [1.54, 1.807) is 6.07 Å². The largest absolute Gasteiger partial charge is 0.494 e. The lowest BCUT2D eigenvalue weighted by Crippen LogP contribution is -2.28. The molecule has 2 aromatic carbocycles. The third-order valence-corrected chi connectivity index (χ3v) is 6.57. The number of hydrogen-bond donors (Lipinski definition) is 1. The van der Waals surface area contributed by atoms with Gasteiger partial charge in [-0.1, -0.05) is 23.7 Å². The van der Waals surface area contributed by atoms with Gasteiger partial charge in [-0.3, -0.25) is 14.8 Å². The van der Waals surface area contributed by atoms with Crippen LogP contribution in [0, 0.1) is 10.1 Å². The molecule has 0 spiro atoms. The van der Waals surface area contributed by atoms with E-state index in [1.807, 2.05) is 53.8 Å². The van der Waals surface area contributed by atoms with E-state index in [4.69, 9.17) is 26.2 Å². The molecular weight excluding hydrogens is 512 g/mol. The van der Waals surface area contributed by atoms with Crippen LogP contribution in [0.4, 0.5) is 23.0 Å². The first kappa shape index (κ1) is 25.5. The minimum absolute atomic E-state index is 0.0700. The number of para-hydroxylation sites is 1. The van der Waals surface area contributed by atoms with Gasteiger partial charge in [0.25, 0.3) is 5.69 Å². The highest BCUT2D eigenvalue weighted by molar-refractivity contribution is 6.33. The number of halogens is 1. The minimum Gasteiger partial charge on any atom is -0.494 e. The van der Waals surface area contributed by atoms with Crippen molar-refractivity contribution < 1.29 is 14.4 Å². The highest BCUT2D eigenvalue weighted by atomic mass is 35.5. The van der Waals surface area contributed by atoms with Gasteiger partial charge in [0.05, 0.1) is 35.5 Å². The van der Waals surface area contributed by atoms with Gasteiger partial charge in [-0.15, -0.1) is 0 Å². The first-order chi connectivity index (χ1) is 18.3. The Morgan fingerprint density at radius 3 is 2.79 bits per heavy atom. The van der Waals surface area contributed by atoms with Crippen LogP contribution in [-0.4, -0.2) is 77.5 Å². The number of benzene rings is 2. The van der Waals surface area contributed by atoms with Crippen molar-refractivity contribution in [1.29, 1.82) is 0 Å². The summed E-state index contributed by atoms with van der Waals surface area (Å²) in [5.74, 6) is 1.35. The van der Waals surface area contributed by atoms with Crippen molar-refractivity contribution in [3.05, 3.63) is 51.7 Å². The zero-order valence-corrected chi connectivity index (χ0v) is 22.2. The minimum atomic E-state index is -0.417. The summed E-state index contributed by atoms with van der Waals surface area (Å²) in [4.78, 5) is 24.3. The van der Waals surface area contributed by atoms with Crippen molar-refractivity contribution in [2.45, 2.75) is 6.54 Å². The second-order valence-corrected chi connectivity index (χ2v) is 9.52. The fourth-order valence-electron chi connectivity index (χ4n) is 4.36. The van der Waals surface area contributed by atoms with E-state index >= 15 is 0 Å². The van der Waals surface area contributed by atoms with Gasteiger partial charge in [-0.05, 0) is 20.2 Å². The molecule has 0 saturated heterocycles. The third-order valence-electron chi connectivity index (χ3n) is 6.30. The van der Waals surface area contributed by atoms with Crippen LogP contribution in [0.25, 0.3) is 22.3 Å². The maximum atomic E-state index is 12.0. The predicted octanol–water partition coefficient (Wildman–Crippen LogP) is 4.20. The molecule has 0 atom stereocenters. The molecule has 0 fully saturated rings. The van der Waals surface area contributed by atoms with E-state index in [-0.39, 0.29) is 11.6 Å². The van der Waals surface area contributed by atoms with Crippen molar-refractivity contribution in [2.24, 2.45) is 0 Å². The SMILES string of the molecule is COc1cc(N(C)CCN(C)C)c([N+](=O)[O-])cc1Nc1ncc(Cl)c(-c2nn3c4c(cccc24)OCC3)n1. The van der Waals surface area contributed by atoms with Crippen LogP contribution in [0.5, 0.6) is 11.5 Å². The van der Waals surface area contributed by atoms with Gasteiger partial charge < -0.3 is 24.6 Å². The van der Waals surface area contributed by atoms with E-state index in [0.717, 1.165) is 23.2 Å². The second kappa shape index (κ2) is 10.3. The van der Waals surface area contributed by atoms with Gasteiger partial charge in [0.2, 0.25) is 5.95 Å². The lowest BCUT2D eigenvalue weighted by Gasteiger charge is -2.22. The van der Waals surface area contributed by atoms with Crippen LogP contribution in [0.15, 0.2) is 36.5 Å². The number of likely N-dealkylation sites (N-methyl/N-ethyl adjacent to an activating group) is 2. The maximum Gasteiger partial charge on any atom is 0.294 e. The van der Waals surface area contributed by atoms with Gasteiger partial charge in [0.15, 0.2) is 0 Å². The summed E-state index contributed by atoms with van der Waals surface area (Å²) in [5.41, 5.74) is 2.63. The van der Waals surface area contributed by atoms with E-state index in [2.05, 4.69) is 15.3 Å². The summed E-state index contributed by atoms with van der Waals surface area (Å²) in [6, 6.07) is 8.80. The zero-order valence-electron chi connectivity index (χ0n) is 21.4. The Hall–Kier alpha value is -4.16. The summed E-state index contributed by atoms with van der Waals surface area (Å²) in [7, 11) is 7.21. The number of methoxy groups -OCH3 is 1. The molecule has 0 saturated carbocycles. The highest BCUT2D eigenvalue weighted by Crippen LogP contribution is 2.40. The van der Waals surface area contributed by atoms with Gasteiger partial charge >= 0.3 is 0 Å². The van der Waals surface area contributed by atoms with Crippen molar-refractivity contribution in [3.8, 4) is 22.9 Å². The number of aromatic nitrogens is 4. The van der Waals surface area contributed by atoms with Crippen LogP contribution in [0.2, 0.25) is 5.02 Å². The maximum absolute atomic E-state index is 12.0. The number of hydrogen-bond acceptors (Lipinski definition) is 10. The van der Waals surface area contributed by atoms with Gasteiger partial charge in [0.1, 0.15) is 40.7 Å². The van der Waals surface area contributed by atoms with Gasteiger partial charge in [0, 0.05) is 37.7 Å². The Labute approximate surface area is 223 Å². The van der Waals surface area contributed by atoms with Crippen LogP contribution in [0.3, 0.4) is 0 Å². The first-order valence-corrected chi connectivity index (χ1v) is 12.3. The number of ether oxygens (including phenoxy) is 2. The normalized spacial score (nSPS) is 12.5. The molecule has 1 aliphatic heterocycles. The zero-order chi connectivity index (χ0) is 27.0. The number of nitro benzene ring substituents is 1. The van der Waals surface area contributed by atoms with Crippen molar-refractivity contribution >= 4 is 45.5 Å². The lowest BCUT2D eigenvalue weighted by molar-refractivity contribution is -0.384. The molecule has 198 valence electrons. The van der Waals surface area contributed by atoms with Gasteiger partial charge in [-0.2, -0.15) is 5.10 Å². The summed E-state index contributed by atoms with van der Waals surface area (Å²) in [5, 5.41) is 21.0. The first-order valence-electron chi connectivity index (χ1n) is 11.9. The quantitative estimate of drug-likeness (QED) is 0.245. The molecule has 0 radical (unpaired) electrons. The smallest absolute Gasteiger partial charge is 0.294 e. The highest BCUT2D eigenvalue weighted by Gasteiger charge is 2.24. The Balaban J connectivity index is 1.53. The molecule has 4 aromatic rings. The number of nitrogens with one attached hydrogen (secondary N) is 1. The van der Waals surface area contributed by atoms with Gasteiger partial charge in [-0.25, -0.2) is 9.97 Å². The van der Waals surface area contributed by atoms with Crippen LogP contribution in [0.1, 0.15) is 0 Å². The summed E-state index contributed by atoms with van der Waals surface area (Å²) in [6.07, 6.45) is 1.47. The molecule has 3 heterocycles. The van der Waals surface area contributed by atoms with E-state index in [1.165, 1.54) is 19.4 Å². The Morgan fingerprint density at radius 2 is 2.05 bits per heavy atom. The Bertz CT molecular complexity index is 1520. The fraction of sp³-hybridized carbons (Fsp3) is 0.320. The molecule has 1 aliphatic rings. The molecule has 0 amide bonds. The molecule has 5 rings (SSSR count). The molecule has 1 N–H and O–H groups in total. The molecule has 12 nitrogen and oxygen atoms in total. The fourth-order valence-corrected chi connectivity index (χ4v) is 4.54. The predicted molar refractivity (Wildman–Crippen MR) is 146 cm³/mol. The lowest BCUT2D eigenvalue weighted by atomic mass is 10.1. The molecular formula is C25H27ClN8O4. The van der Waals surface area contributed by atoms with Crippen molar-refractivity contribution in [1.82, 2.24) is 24.6 Å². The molecule has 0 unspecified atom stereocenters. The summed E-state index contributed by atoms with van der Waals surface area (Å²) >= 11 is 6.52. The standard InChI is InChI=1S/C25H27ClN8O4/c1-31(2)8-9-32(3)18-13-21(37-4)17(12-19(18)34(35)36)28-25-27-14-16(26)23(29-25)22-15-6-5-7-20-24(15)33(30-22)10-11-38-20/h5-7,12-14H,8-11H2,1-4H3,(H,27,28,29). The molecule has 38 heavy (non-hydrogen) atoms. The summed E-state index contributed by atoms with van der Waals surface area (Å²) in [6.45, 7) is 2.46. The van der Waals surface area contributed by atoms with Crippen LogP contribution < -0.4 is 19.7 Å². The Kier molecular flexibility index (Phi) is 6.91. The summed E-state index contributed by atoms with van der Waals surface area (Å²) < 4.78 is 13.2. The third kappa shape index (κ3) is 4.75. The topological polar surface area (TPSA) is 124 Å². The van der Waals surface area contributed by atoms with Crippen molar-refractivity contribution in [3.63, 3.8) is 0 Å². The van der Waals surface area contributed by atoms with E-state index in [0.29, 0.717) is 53.2 Å². The number of anilines is 3. The second-order valence-electron chi connectivity index (χ2n) is 9.11.